The van der Waals surface area contributed by atoms with Crippen molar-refractivity contribution in [3.63, 3.8) is 0 Å². The Morgan fingerprint density at radius 3 is 2.45 bits per heavy atom. The maximum Gasteiger partial charge on any atom is 0.301 e. The van der Waals surface area contributed by atoms with Crippen molar-refractivity contribution in [2.75, 3.05) is 5.43 Å². The third kappa shape index (κ3) is 4.93. The van der Waals surface area contributed by atoms with Gasteiger partial charge in [-0.1, -0.05) is 54.6 Å². The van der Waals surface area contributed by atoms with E-state index in [1.165, 1.54) is 18.3 Å². The van der Waals surface area contributed by atoms with Crippen LogP contribution in [0.25, 0.3) is 10.8 Å². The van der Waals surface area contributed by atoms with Crippen molar-refractivity contribution in [2.45, 2.75) is 6.61 Å². The monoisotopic (exact) mass is 442 g/mol. The molecule has 0 saturated carbocycles. The number of ether oxygens (including phenoxy) is 1. The highest BCUT2D eigenvalue weighted by Crippen LogP contribution is 2.29. The highest BCUT2D eigenvalue weighted by molar-refractivity contribution is 5.86. The molecule has 0 aliphatic rings. The summed E-state index contributed by atoms with van der Waals surface area (Å²) < 4.78 is 6.04. The largest absolute Gasteiger partial charge is 0.488 e. The van der Waals surface area contributed by atoms with E-state index in [0.29, 0.717) is 17.9 Å². The van der Waals surface area contributed by atoms with Gasteiger partial charge in [0.05, 0.1) is 22.1 Å². The number of hydrazone groups is 1. The van der Waals surface area contributed by atoms with Gasteiger partial charge in [0, 0.05) is 11.6 Å². The lowest BCUT2D eigenvalue weighted by atomic mass is 10.1. The topological polar surface area (TPSA) is 120 Å². The van der Waals surface area contributed by atoms with Crippen molar-refractivity contribution in [1.82, 2.24) is 0 Å². The van der Waals surface area contributed by atoms with Crippen molar-refractivity contribution in [3.8, 4) is 5.75 Å². The Morgan fingerprint density at radius 1 is 0.879 bits per heavy atom. The molecule has 4 aromatic carbocycles. The van der Waals surface area contributed by atoms with Gasteiger partial charge in [-0.05, 0) is 34.5 Å². The molecule has 0 heterocycles. The standard InChI is InChI=1S/C24H18N4O5/c29-27(30)20-12-13-22(23(14-20)28(31)32)26-25-15-18-7-2-4-11-24(18)33-16-19-9-5-8-17-6-1-3-10-21(17)19/h1-15,26H,16H2/b25-15-. The van der Waals surface area contributed by atoms with Crippen LogP contribution in [0.2, 0.25) is 0 Å². The first kappa shape index (κ1) is 21.4. The van der Waals surface area contributed by atoms with Gasteiger partial charge in [-0.15, -0.1) is 0 Å². The molecule has 0 amide bonds. The summed E-state index contributed by atoms with van der Waals surface area (Å²) in [4.78, 5) is 20.8. The molecule has 9 nitrogen and oxygen atoms in total. The molecule has 0 aliphatic heterocycles. The van der Waals surface area contributed by atoms with Crippen LogP contribution in [0.15, 0.2) is 90.0 Å². The van der Waals surface area contributed by atoms with Crippen molar-refractivity contribution in [3.05, 3.63) is 116 Å². The smallest absolute Gasteiger partial charge is 0.301 e. The zero-order valence-electron chi connectivity index (χ0n) is 17.3. The minimum Gasteiger partial charge on any atom is -0.488 e. The number of para-hydroxylation sites is 1. The average molecular weight is 442 g/mol. The zero-order chi connectivity index (χ0) is 23.2. The average Bonchev–Trinajstić information content (AvgIpc) is 2.83. The molecule has 0 bridgehead atoms. The lowest BCUT2D eigenvalue weighted by Crippen LogP contribution is -2.01. The van der Waals surface area contributed by atoms with Gasteiger partial charge in [-0.3, -0.25) is 25.7 Å². The number of anilines is 1. The van der Waals surface area contributed by atoms with Crippen molar-refractivity contribution in [1.29, 1.82) is 0 Å². The third-order valence-electron chi connectivity index (χ3n) is 4.96. The van der Waals surface area contributed by atoms with Gasteiger partial charge >= 0.3 is 5.69 Å². The molecule has 33 heavy (non-hydrogen) atoms. The first-order valence-electron chi connectivity index (χ1n) is 9.93. The minimum atomic E-state index is -0.702. The maximum absolute atomic E-state index is 11.3. The van der Waals surface area contributed by atoms with Gasteiger partial charge in [0.2, 0.25) is 0 Å². The van der Waals surface area contributed by atoms with Crippen LogP contribution in [-0.2, 0) is 6.61 Å². The Morgan fingerprint density at radius 2 is 1.64 bits per heavy atom. The van der Waals surface area contributed by atoms with E-state index < -0.39 is 15.5 Å². The predicted octanol–water partition coefficient (Wildman–Crippen LogP) is 5.68. The SMILES string of the molecule is O=[N+]([O-])c1ccc(N/N=C\c2ccccc2OCc2cccc3ccccc23)c([N+](=O)[O-])c1. The van der Waals surface area contributed by atoms with E-state index in [2.05, 4.69) is 10.5 Å². The van der Waals surface area contributed by atoms with Crippen LogP contribution >= 0.6 is 0 Å². The second kappa shape index (κ2) is 9.56. The predicted molar refractivity (Wildman–Crippen MR) is 126 cm³/mol. The highest BCUT2D eigenvalue weighted by atomic mass is 16.6. The van der Waals surface area contributed by atoms with E-state index in [-0.39, 0.29) is 11.4 Å². The lowest BCUT2D eigenvalue weighted by molar-refractivity contribution is -0.393. The molecule has 4 aromatic rings. The molecule has 0 spiro atoms. The van der Waals surface area contributed by atoms with Crippen molar-refractivity contribution >= 4 is 34.0 Å². The molecule has 0 atom stereocenters. The summed E-state index contributed by atoms with van der Waals surface area (Å²) in [6.45, 7) is 0.355. The van der Waals surface area contributed by atoms with Crippen molar-refractivity contribution < 1.29 is 14.6 Å². The lowest BCUT2D eigenvalue weighted by Gasteiger charge is -2.11. The first-order valence-corrected chi connectivity index (χ1v) is 9.93. The number of nitrogens with one attached hydrogen (secondary N) is 1. The molecule has 164 valence electrons. The minimum absolute atomic E-state index is 0.0380. The summed E-state index contributed by atoms with van der Waals surface area (Å²) in [5.41, 5.74) is 3.51. The van der Waals surface area contributed by atoms with Crippen LogP contribution in [0, 0.1) is 20.2 Å². The summed E-state index contributed by atoms with van der Waals surface area (Å²) in [5, 5.41) is 28.4. The molecule has 0 unspecified atom stereocenters. The van der Waals surface area contributed by atoms with Gasteiger partial charge in [-0.25, -0.2) is 0 Å². The second-order valence-electron chi connectivity index (χ2n) is 7.05. The van der Waals surface area contributed by atoms with E-state index in [4.69, 9.17) is 4.74 Å². The molecule has 0 fully saturated rings. The summed E-state index contributed by atoms with van der Waals surface area (Å²) in [7, 11) is 0. The van der Waals surface area contributed by atoms with Gasteiger partial charge < -0.3 is 4.74 Å². The maximum atomic E-state index is 11.3. The zero-order valence-corrected chi connectivity index (χ0v) is 17.3. The summed E-state index contributed by atoms with van der Waals surface area (Å²) >= 11 is 0. The summed E-state index contributed by atoms with van der Waals surface area (Å²) in [5.74, 6) is 0.592. The first-order chi connectivity index (χ1) is 16.0. The number of nitro groups is 2. The number of rotatable bonds is 8. The van der Waals surface area contributed by atoms with E-state index in [1.807, 2.05) is 54.6 Å². The van der Waals surface area contributed by atoms with E-state index in [9.17, 15) is 20.2 Å². The quantitative estimate of drug-likeness (QED) is 0.213. The third-order valence-corrected chi connectivity index (χ3v) is 4.96. The van der Waals surface area contributed by atoms with Gasteiger partial charge in [0.25, 0.3) is 5.69 Å². The van der Waals surface area contributed by atoms with Crippen LogP contribution in [0.5, 0.6) is 5.75 Å². The van der Waals surface area contributed by atoms with E-state index in [0.717, 1.165) is 22.4 Å². The number of hydrogen-bond acceptors (Lipinski definition) is 7. The molecule has 1 N–H and O–H groups in total. The van der Waals surface area contributed by atoms with E-state index in [1.54, 1.807) is 12.1 Å². The molecular weight excluding hydrogens is 424 g/mol. The van der Waals surface area contributed by atoms with Crippen LogP contribution < -0.4 is 10.2 Å². The van der Waals surface area contributed by atoms with Gasteiger partial charge in [0.1, 0.15) is 18.0 Å². The van der Waals surface area contributed by atoms with Crippen LogP contribution in [0.1, 0.15) is 11.1 Å². The fourth-order valence-electron chi connectivity index (χ4n) is 3.34. The van der Waals surface area contributed by atoms with E-state index >= 15 is 0 Å². The summed E-state index contributed by atoms with van der Waals surface area (Å²) in [6.07, 6.45) is 1.48. The molecule has 0 aliphatic carbocycles. The highest BCUT2D eigenvalue weighted by Gasteiger charge is 2.19. The van der Waals surface area contributed by atoms with Crippen LogP contribution in [-0.4, -0.2) is 16.1 Å². The summed E-state index contributed by atoms with van der Waals surface area (Å²) in [6, 6.07) is 24.7. The number of hydrogen-bond donors (Lipinski definition) is 1. The van der Waals surface area contributed by atoms with Gasteiger partial charge in [-0.2, -0.15) is 5.10 Å². The Bertz CT molecular complexity index is 1360. The normalized spacial score (nSPS) is 10.9. The van der Waals surface area contributed by atoms with Crippen molar-refractivity contribution in [2.24, 2.45) is 5.10 Å². The molecular formula is C24H18N4O5. The Balaban J connectivity index is 1.51. The van der Waals surface area contributed by atoms with Crippen LogP contribution in [0.4, 0.5) is 17.1 Å². The fraction of sp³-hybridized carbons (Fsp3) is 0.0417. The van der Waals surface area contributed by atoms with Crippen LogP contribution in [0.3, 0.4) is 0 Å². The second-order valence-corrected chi connectivity index (χ2v) is 7.05. The molecule has 0 radical (unpaired) electrons. The molecule has 0 aromatic heterocycles. The molecule has 0 saturated heterocycles. The van der Waals surface area contributed by atoms with Gasteiger partial charge in [0.15, 0.2) is 0 Å². The Hall–Kier alpha value is -4.79. The molecule has 9 heteroatoms. The fourth-order valence-corrected chi connectivity index (χ4v) is 3.34. The Kier molecular flexibility index (Phi) is 6.21. The number of nitro benzene ring substituents is 2. The molecule has 4 rings (SSSR count). The number of nitrogens with zero attached hydrogens (tertiary/aromatic N) is 3. The number of benzene rings is 4. The Labute approximate surface area is 188 Å². The number of non-ortho nitro benzene ring substituents is 1. The number of fused-ring (bicyclic) bond motifs is 1.